The van der Waals surface area contributed by atoms with Crippen LogP contribution >= 0.6 is 0 Å². The molecule has 2 rings (SSSR count). The fraction of sp³-hybridized carbons (Fsp3) is 0.529. The summed E-state index contributed by atoms with van der Waals surface area (Å²) in [5, 5.41) is 24.5. The van der Waals surface area contributed by atoms with Crippen LogP contribution in [0, 0.1) is 10.1 Å². The summed E-state index contributed by atoms with van der Waals surface area (Å²) in [6.07, 6.45) is -0.691. The fourth-order valence-corrected chi connectivity index (χ4v) is 3.30. The first kappa shape index (κ1) is 21.5. The molecule has 28 heavy (non-hydrogen) atoms. The van der Waals surface area contributed by atoms with Crippen molar-refractivity contribution in [3.63, 3.8) is 0 Å². The average Bonchev–Trinajstić information content (AvgIpc) is 2.64. The molecular formula is C17H20F3N3O5. The van der Waals surface area contributed by atoms with Crippen molar-refractivity contribution in [2.75, 3.05) is 11.9 Å². The maximum absolute atomic E-state index is 12.4. The molecule has 1 aromatic rings. The third-order valence-corrected chi connectivity index (χ3v) is 4.65. The van der Waals surface area contributed by atoms with Crippen molar-refractivity contribution >= 4 is 23.3 Å². The van der Waals surface area contributed by atoms with Gasteiger partial charge in [0.1, 0.15) is 11.7 Å². The van der Waals surface area contributed by atoms with Gasteiger partial charge in [-0.25, -0.2) is 4.79 Å². The van der Waals surface area contributed by atoms with E-state index in [-0.39, 0.29) is 17.3 Å². The quantitative estimate of drug-likeness (QED) is 0.475. The Morgan fingerprint density at radius 1 is 1.25 bits per heavy atom. The molecule has 0 aliphatic heterocycles. The summed E-state index contributed by atoms with van der Waals surface area (Å²) in [6, 6.07) is 2.66. The number of aliphatic carboxylic acids is 1. The first-order valence-corrected chi connectivity index (χ1v) is 8.73. The number of hydrogen-bond acceptors (Lipinski definition) is 5. The molecule has 0 spiro atoms. The largest absolute Gasteiger partial charge is 0.480 e. The second kappa shape index (κ2) is 8.89. The number of alkyl halides is 3. The van der Waals surface area contributed by atoms with E-state index in [4.69, 9.17) is 5.11 Å². The first-order chi connectivity index (χ1) is 13.1. The standard InChI is InChI=1S/C17H20F3N3O5/c18-17(19,20)16(26)22-13(15(24)25)9-21-12-8-4-7-11(14(12)23(27)28)10-5-2-1-3-6-10/h4,7-8,10,13,21H,1-3,5-6,9H2,(H,22,26)(H,24,25). The average molecular weight is 403 g/mol. The third kappa shape index (κ3) is 5.33. The Morgan fingerprint density at radius 3 is 2.43 bits per heavy atom. The van der Waals surface area contributed by atoms with Gasteiger partial charge in [0.2, 0.25) is 0 Å². The van der Waals surface area contributed by atoms with Crippen LogP contribution in [-0.2, 0) is 9.59 Å². The SMILES string of the molecule is O=C(O)C(CNc1cccc(C2CCCCC2)c1[N+](=O)[O-])NC(=O)C(F)(F)F. The van der Waals surface area contributed by atoms with Gasteiger partial charge in [-0.2, -0.15) is 13.2 Å². The minimum Gasteiger partial charge on any atom is -0.480 e. The normalized spacial score (nSPS) is 16.2. The van der Waals surface area contributed by atoms with Crippen LogP contribution in [0.1, 0.15) is 43.6 Å². The number of carbonyl (C=O) groups is 2. The molecule has 1 unspecified atom stereocenters. The van der Waals surface area contributed by atoms with Gasteiger partial charge < -0.3 is 15.7 Å². The lowest BCUT2D eigenvalue weighted by Crippen LogP contribution is -2.50. The zero-order valence-electron chi connectivity index (χ0n) is 14.8. The maximum Gasteiger partial charge on any atom is 0.471 e. The monoisotopic (exact) mass is 403 g/mol. The Labute approximate surface area is 158 Å². The van der Waals surface area contributed by atoms with Crippen molar-refractivity contribution in [1.82, 2.24) is 5.32 Å². The fourth-order valence-electron chi connectivity index (χ4n) is 3.30. The van der Waals surface area contributed by atoms with Gasteiger partial charge in [0.15, 0.2) is 0 Å². The van der Waals surface area contributed by atoms with Crippen LogP contribution in [0.5, 0.6) is 0 Å². The van der Waals surface area contributed by atoms with Crippen LogP contribution in [0.25, 0.3) is 0 Å². The summed E-state index contributed by atoms with van der Waals surface area (Å²) in [5.74, 6) is -4.10. The van der Waals surface area contributed by atoms with Gasteiger partial charge in [0, 0.05) is 12.1 Å². The molecule has 154 valence electrons. The summed E-state index contributed by atoms with van der Waals surface area (Å²) in [5.41, 5.74) is 0.294. The summed E-state index contributed by atoms with van der Waals surface area (Å²) < 4.78 is 37.1. The molecule has 1 fully saturated rings. The summed E-state index contributed by atoms with van der Waals surface area (Å²) in [6.45, 7) is -0.647. The number of anilines is 1. The topological polar surface area (TPSA) is 122 Å². The third-order valence-electron chi connectivity index (χ3n) is 4.65. The van der Waals surface area contributed by atoms with Crippen LogP contribution in [0.2, 0.25) is 0 Å². The summed E-state index contributed by atoms with van der Waals surface area (Å²) in [7, 11) is 0. The summed E-state index contributed by atoms with van der Waals surface area (Å²) >= 11 is 0. The van der Waals surface area contributed by atoms with E-state index in [0.717, 1.165) is 32.1 Å². The van der Waals surface area contributed by atoms with E-state index in [1.807, 2.05) is 0 Å². The van der Waals surface area contributed by atoms with E-state index >= 15 is 0 Å². The summed E-state index contributed by atoms with van der Waals surface area (Å²) in [4.78, 5) is 33.2. The van der Waals surface area contributed by atoms with E-state index < -0.39 is 35.6 Å². The van der Waals surface area contributed by atoms with E-state index in [2.05, 4.69) is 5.32 Å². The number of amides is 1. The number of benzene rings is 1. The first-order valence-electron chi connectivity index (χ1n) is 8.73. The Bertz CT molecular complexity index is 748. The van der Waals surface area contributed by atoms with E-state index in [1.54, 1.807) is 12.1 Å². The van der Waals surface area contributed by atoms with Crippen LogP contribution in [-0.4, -0.2) is 40.7 Å². The van der Waals surface area contributed by atoms with Crippen LogP contribution < -0.4 is 10.6 Å². The zero-order chi connectivity index (χ0) is 20.9. The van der Waals surface area contributed by atoms with Gasteiger partial charge in [-0.3, -0.25) is 14.9 Å². The molecule has 1 aliphatic carbocycles. The highest BCUT2D eigenvalue weighted by atomic mass is 19.4. The van der Waals surface area contributed by atoms with Gasteiger partial charge in [0.25, 0.3) is 5.69 Å². The number of nitrogens with one attached hydrogen (secondary N) is 2. The number of nitro groups is 1. The zero-order valence-corrected chi connectivity index (χ0v) is 14.8. The van der Waals surface area contributed by atoms with Gasteiger partial charge >= 0.3 is 18.1 Å². The number of rotatable bonds is 7. The Balaban J connectivity index is 2.21. The van der Waals surface area contributed by atoms with Crippen molar-refractivity contribution in [1.29, 1.82) is 0 Å². The molecule has 0 bridgehead atoms. The molecule has 3 N–H and O–H groups in total. The number of carboxylic acid groups (broad SMARTS) is 1. The van der Waals surface area contributed by atoms with E-state index in [1.165, 1.54) is 11.4 Å². The van der Waals surface area contributed by atoms with Crippen molar-refractivity contribution in [2.45, 2.75) is 50.2 Å². The molecule has 0 radical (unpaired) electrons. The van der Waals surface area contributed by atoms with Crippen LogP contribution in [0.3, 0.4) is 0 Å². The number of nitro benzene ring substituents is 1. The lowest BCUT2D eigenvalue weighted by atomic mass is 9.83. The Kier molecular flexibility index (Phi) is 6.81. The van der Waals surface area contributed by atoms with Crippen LogP contribution in [0.4, 0.5) is 24.5 Å². The Morgan fingerprint density at radius 2 is 1.89 bits per heavy atom. The Hall–Kier alpha value is -2.85. The van der Waals surface area contributed by atoms with E-state index in [9.17, 15) is 32.9 Å². The van der Waals surface area contributed by atoms with Gasteiger partial charge in [-0.15, -0.1) is 0 Å². The minimum atomic E-state index is -5.24. The smallest absolute Gasteiger partial charge is 0.471 e. The second-order valence-electron chi connectivity index (χ2n) is 6.58. The molecule has 8 nitrogen and oxygen atoms in total. The highest BCUT2D eigenvalue weighted by Gasteiger charge is 2.41. The number of carboxylic acids is 1. The second-order valence-corrected chi connectivity index (χ2v) is 6.58. The van der Waals surface area contributed by atoms with Crippen molar-refractivity contribution in [3.05, 3.63) is 33.9 Å². The number of hydrogen-bond donors (Lipinski definition) is 3. The number of carbonyl (C=O) groups excluding carboxylic acids is 1. The molecule has 1 atom stereocenters. The molecule has 1 aliphatic rings. The van der Waals surface area contributed by atoms with E-state index in [0.29, 0.717) is 5.56 Å². The molecule has 0 saturated heterocycles. The molecule has 0 heterocycles. The molecule has 1 saturated carbocycles. The van der Waals surface area contributed by atoms with Crippen molar-refractivity contribution in [3.8, 4) is 0 Å². The van der Waals surface area contributed by atoms with Crippen molar-refractivity contribution in [2.24, 2.45) is 0 Å². The van der Waals surface area contributed by atoms with Gasteiger partial charge in [0.05, 0.1) is 4.92 Å². The maximum atomic E-state index is 12.4. The highest BCUT2D eigenvalue weighted by Crippen LogP contribution is 2.40. The predicted octanol–water partition coefficient (Wildman–Crippen LogP) is 3.19. The lowest BCUT2D eigenvalue weighted by Gasteiger charge is -2.23. The predicted molar refractivity (Wildman–Crippen MR) is 93.0 cm³/mol. The number of nitrogens with zero attached hydrogens (tertiary/aromatic N) is 1. The minimum absolute atomic E-state index is 0.000538. The molecular weight excluding hydrogens is 383 g/mol. The molecule has 1 amide bonds. The van der Waals surface area contributed by atoms with Gasteiger partial charge in [-0.05, 0) is 24.8 Å². The van der Waals surface area contributed by atoms with Crippen molar-refractivity contribution < 1.29 is 32.8 Å². The number of para-hydroxylation sites is 1. The molecule has 1 aromatic carbocycles. The van der Waals surface area contributed by atoms with Crippen LogP contribution in [0.15, 0.2) is 18.2 Å². The molecule has 11 heteroatoms. The number of halogens is 3. The highest BCUT2D eigenvalue weighted by molar-refractivity contribution is 5.87. The molecule has 0 aromatic heterocycles. The van der Waals surface area contributed by atoms with Gasteiger partial charge in [-0.1, -0.05) is 31.4 Å². The lowest BCUT2D eigenvalue weighted by molar-refractivity contribution is -0.384.